The third kappa shape index (κ3) is 29.2. The molecule has 2 heterocycles. The molecule has 9 N–H and O–H groups in total. The highest BCUT2D eigenvalue weighted by Crippen LogP contribution is 2.30. The van der Waals surface area contributed by atoms with Crippen molar-refractivity contribution in [2.45, 2.75) is 261 Å². The van der Waals surface area contributed by atoms with Crippen molar-refractivity contribution in [2.75, 3.05) is 19.8 Å². The minimum atomic E-state index is -1.80. The van der Waals surface area contributed by atoms with Crippen molar-refractivity contribution in [3.8, 4) is 0 Å². The molecule has 0 aromatic carbocycles. The van der Waals surface area contributed by atoms with E-state index in [2.05, 4.69) is 73.8 Å². The van der Waals surface area contributed by atoms with Crippen LogP contribution in [0.5, 0.6) is 0 Å². The van der Waals surface area contributed by atoms with Crippen LogP contribution in [0.25, 0.3) is 0 Å². The fourth-order valence-electron chi connectivity index (χ4n) is 8.68. The summed E-state index contributed by atoms with van der Waals surface area (Å²) in [4.78, 5) is 13.2. The number of aliphatic hydroxyl groups excluding tert-OH is 8. The average Bonchev–Trinajstić information content (AvgIpc) is 3.37. The van der Waals surface area contributed by atoms with Crippen molar-refractivity contribution < 1.29 is 64.6 Å². The molecule has 2 saturated heterocycles. The normalized spacial score (nSPS) is 26.3. The largest absolute Gasteiger partial charge is 0.394 e. The summed E-state index contributed by atoms with van der Waals surface area (Å²) in [5.41, 5.74) is 0. The summed E-state index contributed by atoms with van der Waals surface area (Å²) >= 11 is 0. The lowest BCUT2D eigenvalue weighted by Gasteiger charge is -2.46. The number of allylic oxidation sites excluding steroid dienone is 11. The van der Waals surface area contributed by atoms with Gasteiger partial charge in [-0.1, -0.05) is 196 Å². The number of carbonyl (C=O) groups is 1. The van der Waals surface area contributed by atoms with Crippen molar-refractivity contribution in [3.05, 3.63) is 72.9 Å². The fraction of sp³-hybridized carbons (Fsp3) is 0.772. The van der Waals surface area contributed by atoms with Gasteiger partial charge in [0, 0.05) is 6.42 Å². The molecule has 2 fully saturated rings. The number of nitrogens with one attached hydrogen (secondary N) is 1. The van der Waals surface area contributed by atoms with E-state index in [1.54, 1.807) is 6.08 Å². The number of unbranched alkanes of at least 4 members (excludes halogenated alkanes) is 19. The van der Waals surface area contributed by atoms with E-state index in [4.69, 9.17) is 18.9 Å². The van der Waals surface area contributed by atoms with Crippen molar-refractivity contribution in [3.63, 3.8) is 0 Å². The van der Waals surface area contributed by atoms with E-state index in [1.165, 1.54) is 103 Å². The molecular weight excluding hydrogens is 907 g/mol. The van der Waals surface area contributed by atoms with Gasteiger partial charge in [0.15, 0.2) is 12.6 Å². The SMILES string of the molecule is CC/C=C\C/C=C\C/C=C\C/C=C\C/C=C\CCCC(=O)NC(COC1OC(CO)C(OC2OC(CO)C(O)C(O)C2O)C(O)C1O)C(O)/C=C/CCCCCCCCCCCCCCCCCCCC. The van der Waals surface area contributed by atoms with Crippen LogP contribution in [0.2, 0.25) is 0 Å². The van der Waals surface area contributed by atoms with Crippen molar-refractivity contribution in [2.24, 2.45) is 0 Å². The highest BCUT2D eigenvalue weighted by atomic mass is 16.7. The van der Waals surface area contributed by atoms with Crippen molar-refractivity contribution in [1.29, 1.82) is 0 Å². The number of hydrogen-bond donors (Lipinski definition) is 9. The number of rotatable bonds is 42. The Kier molecular flexibility index (Phi) is 38.9. The zero-order chi connectivity index (χ0) is 51.7. The zero-order valence-electron chi connectivity index (χ0n) is 43.7. The van der Waals surface area contributed by atoms with Crippen molar-refractivity contribution in [1.82, 2.24) is 5.32 Å². The molecule has 410 valence electrons. The van der Waals surface area contributed by atoms with Crippen LogP contribution < -0.4 is 5.32 Å². The molecule has 0 saturated carbocycles. The fourth-order valence-corrected chi connectivity index (χ4v) is 8.68. The summed E-state index contributed by atoms with van der Waals surface area (Å²) in [7, 11) is 0. The van der Waals surface area contributed by atoms with Crippen LogP contribution in [-0.2, 0) is 23.7 Å². The van der Waals surface area contributed by atoms with Crippen LogP contribution in [0.15, 0.2) is 72.9 Å². The average molecular weight is 1010 g/mol. The molecule has 12 unspecified atom stereocenters. The minimum Gasteiger partial charge on any atom is -0.394 e. The van der Waals surface area contributed by atoms with Gasteiger partial charge in [0.25, 0.3) is 0 Å². The highest BCUT2D eigenvalue weighted by Gasteiger charge is 2.51. The molecule has 0 spiro atoms. The Labute approximate surface area is 428 Å². The molecule has 0 aromatic rings. The third-order valence-electron chi connectivity index (χ3n) is 13.1. The quantitative estimate of drug-likeness (QED) is 0.0207. The third-order valence-corrected chi connectivity index (χ3v) is 13.1. The first-order chi connectivity index (χ1) is 34.6. The molecule has 1 amide bonds. The second kappa shape index (κ2) is 42.8. The van der Waals surface area contributed by atoms with Gasteiger partial charge in [-0.05, 0) is 57.8 Å². The first kappa shape index (κ1) is 64.5. The molecule has 0 bridgehead atoms. The topological polar surface area (TPSA) is 228 Å². The van der Waals surface area contributed by atoms with E-state index in [9.17, 15) is 45.6 Å². The number of amides is 1. The van der Waals surface area contributed by atoms with E-state index >= 15 is 0 Å². The predicted octanol–water partition coefficient (Wildman–Crippen LogP) is 8.38. The molecule has 0 radical (unpaired) electrons. The molecular formula is C57H99NO13. The van der Waals surface area contributed by atoms with Crippen LogP contribution >= 0.6 is 0 Å². The summed E-state index contributed by atoms with van der Waals surface area (Å²) in [6.45, 7) is 2.63. The number of carbonyl (C=O) groups excluding carboxylic acids is 1. The Morgan fingerprint density at radius 1 is 0.521 bits per heavy atom. The van der Waals surface area contributed by atoms with E-state index < -0.39 is 86.8 Å². The van der Waals surface area contributed by atoms with Crippen LogP contribution in [0, 0.1) is 0 Å². The van der Waals surface area contributed by atoms with Gasteiger partial charge in [0.1, 0.15) is 48.8 Å². The smallest absolute Gasteiger partial charge is 0.220 e. The van der Waals surface area contributed by atoms with Gasteiger partial charge in [-0.15, -0.1) is 0 Å². The van der Waals surface area contributed by atoms with Gasteiger partial charge in [0.05, 0.1) is 32.0 Å². The first-order valence-electron chi connectivity index (χ1n) is 27.7. The van der Waals surface area contributed by atoms with E-state index in [0.717, 1.165) is 51.4 Å². The lowest BCUT2D eigenvalue weighted by molar-refractivity contribution is -0.359. The monoisotopic (exact) mass is 1010 g/mol. The zero-order valence-corrected chi connectivity index (χ0v) is 43.7. The molecule has 14 heteroatoms. The number of hydrogen-bond acceptors (Lipinski definition) is 13. The number of aliphatic hydroxyl groups is 8. The van der Waals surface area contributed by atoms with Gasteiger partial charge in [-0.3, -0.25) is 4.79 Å². The van der Waals surface area contributed by atoms with Gasteiger partial charge >= 0.3 is 0 Å². The van der Waals surface area contributed by atoms with Gasteiger partial charge in [-0.2, -0.15) is 0 Å². The molecule has 12 atom stereocenters. The summed E-state index contributed by atoms with van der Waals surface area (Å²) < 4.78 is 22.7. The van der Waals surface area contributed by atoms with Crippen LogP contribution in [0.3, 0.4) is 0 Å². The van der Waals surface area contributed by atoms with Crippen LogP contribution in [-0.4, -0.2) is 140 Å². The molecule has 2 aliphatic heterocycles. The number of ether oxygens (including phenoxy) is 4. The molecule has 0 aliphatic carbocycles. The predicted molar refractivity (Wildman–Crippen MR) is 281 cm³/mol. The molecule has 71 heavy (non-hydrogen) atoms. The molecule has 2 rings (SSSR count). The van der Waals surface area contributed by atoms with Crippen LogP contribution in [0.4, 0.5) is 0 Å². The lowest BCUT2D eigenvalue weighted by Crippen LogP contribution is -2.65. The maximum absolute atomic E-state index is 13.2. The maximum Gasteiger partial charge on any atom is 0.220 e. The van der Waals surface area contributed by atoms with E-state index in [-0.39, 0.29) is 18.9 Å². The van der Waals surface area contributed by atoms with Crippen molar-refractivity contribution >= 4 is 5.91 Å². The lowest BCUT2D eigenvalue weighted by atomic mass is 9.97. The Morgan fingerprint density at radius 3 is 1.48 bits per heavy atom. The Morgan fingerprint density at radius 2 is 0.972 bits per heavy atom. The molecule has 14 nitrogen and oxygen atoms in total. The summed E-state index contributed by atoms with van der Waals surface area (Å²) in [6.07, 6.45) is 38.0. The second-order valence-electron chi connectivity index (χ2n) is 19.3. The summed E-state index contributed by atoms with van der Waals surface area (Å²) in [6, 6.07) is -0.948. The Hall–Kier alpha value is -2.57. The second-order valence-corrected chi connectivity index (χ2v) is 19.3. The van der Waals surface area contributed by atoms with Gasteiger partial charge in [-0.25, -0.2) is 0 Å². The summed E-state index contributed by atoms with van der Waals surface area (Å²) in [5.74, 6) is -0.298. The standard InChI is InChI=1S/C57H99NO13/c1-3-5-7-9-11-13-15-17-19-21-22-23-25-26-28-30-32-34-36-38-40-46(61)45(58-49(62)41-39-37-35-33-31-29-27-24-20-18-16-14-12-10-8-6-4-2)44-68-56-54(67)52(65)55(48(43-60)70-56)71-57-53(66)51(64)50(63)47(42-59)69-57/h6,8,12,14,18,20,27,29,33,35,38,40,45-48,50-57,59-61,63-67H,3-5,7,9-11,13,15-17,19,21-26,28,30-32,34,36-37,39,41-44H2,1-2H3,(H,58,62)/b8-6-,14-12-,20-18-,29-27-,35-33-,40-38+. The Bertz CT molecular complexity index is 1470. The molecule has 2 aliphatic rings. The maximum atomic E-state index is 13.2. The van der Waals surface area contributed by atoms with E-state index in [0.29, 0.717) is 12.8 Å². The highest BCUT2D eigenvalue weighted by molar-refractivity contribution is 5.76. The van der Waals surface area contributed by atoms with Gasteiger partial charge < -0.3 is 65.1 Å². The first-order valence-corrected chi connectivity index (χ1v) is 27.7. The summed E-state index contributed by atoms with van der Waals surface area (Å²) in [5, 5.41) is 86.9. The Balaban J connectivity index is 1.84. The van der Waals surface area contributed by atoms with Crippen LogP contribution in [0.1, 0.15) is 187 Å². The van der Waals surface area contributed by atoms with E-state index in [1.807, 2.05) is 12.2 Å². The minimum absolute atomic E-state index is 0.200. The van der Waals surface area contributed by atoms with Gasteiger partial charge in [0.2, 0.25) is 5.91 Å². The molecule has 0 aromatic heterocycles.